The molecule has 0 radical (unpaired) electrons. The maximum Gasteiger partial charge on any atom is 0.272 e. The van der Waals surface area contributed by atoms with Gasteiger partial charge in [-0.05, 0) is 18.1 Å². The summed E-state index contributed by atoms with van der Waals surface area (Å²) >= 11 is 0. The SMILES string of the molecule is COCCN(CC(C)C)C(=O)c1cccc(NN)n1. The van der Waals surface area contributed by atoms with Crippen LogP contribution in [0.3, 0.4) is 0 Å². The van der Waals surface area contributed by atoms with Gasteiger partial charge in [-0.3, -0.25) is 4.79 Å². The minimum Gasteiger partial charge on any atom is -0.383 e. The van der Waals surface area contributed by atoms with Gasteiger partial charge in [-0.2, -0.15) is 0 Å². The summed E-state index contributed by atoms with van der Waals surface area (Å²) in [6, 6.07) is 5.14. The van der Waals surface area contributed by atoms with E-state index in [1.807, 2.05) is 0 Å². The summed E-state index contributed by atoms with van der Waals surface area (Å²) in [4.78, 5) is 18.3. The average Bonchev–Trinajstić information content (AvgIpc) is 2.42. The van der Waals surface area contributed by atoms with Crippen LogP contribution < -0.4 is 11.3 Å². The highest BCUT2D eigenvalue weighted by molar-refractivity contribution is 5.92. The van der Waals surface area contributed by atoms with Gasteiger partial charge in [-0.1, -0.05) is 19.9 Å². The number of hydrogen-bond acceptors (Lipinski definition) is 5. The Morgan fingerprint density at radius 3 is 2.84 bits per heavy atom. The lowest BCUT2D eigenvalue weighted by atomic mass is 10.2. The number of nitrogens with one attached hydrogen (secondary N) is 1. The average molecular weight is 266 g/mol. The fourth-order valence-electron chi connectivity index (χ4n) is 1.71. The molecule has 1 heterocycles. The van der Waals surface area contributed by atoms with Crippen molar-refractivity contribution in [3.8, 4) is 0 Å². The van der Waals surface area contributed by atoms with E-state index in [0.717, 1.165) is 0 Å². The van der Waals surface area contributed by atoms with Gasteiger partial charge in [0.15, 0.2) is 0 Å². The number of hydrogen-bond donors (Lipinski definition) is 2. The van der Waals surface area contributed by atoms with Crippen LogP contribution >= 0.6 is 0 Å². The molecule has 0 aliphatic rings. The van der Waals surface area contributed by atoms with Crippen LogP contribution in [0.1, 0.15) is 24.3 Å². The second kappa shape index (κ2) is 7.70. The van der Waals surface area contributed by atoms with Gasteiger partial charge < -0.3 is 15.1 Å². The summed E-state index contributed by atoms with van der Waals surface area (Å²) < 4.78 is 5.04. The van der Waals surface area contributed by atoms with Crippen LogP contribution in [0.25, 0.3) is 0 Å². The highest BCUT2D eigenvalue weighted by atomic mass is 16.5. The third kappa shape index (κ3) is 4.84. The van der Waals surface area contributed by atoms with E-state index in [-0.39, 0.29) is 5.91 Å². The molecule has 0 bridgehead atoms. The Bertz CT molecular complexity index is 409. The second-order valence-electron chi connectivity index (χ2n) is 4.69. The predicted molar refractivity (Wildman–Crippen MR) is 74.7 cm³/mol. The number of carbonyl (C=O) groups is 1. The Labute approximate surface area is 113 Å². The molecule has 0 saturated carbocycles. The summed E-state index contributed by atoms with van der Waals surface area (Å²) in [6.07, 6.45) is 0. The Balaban J connectivity index is 2.84. The molecule has 106 valence electrons. The first kappa shape index (κ1) is 15.4. The lowest BCUT2D eigenvalue weighted by Crippen LogP contribution is -2.37. The van der Waals surface area contributed by atoms with Crippen molar-refractivity contribution in [2.75, 3.05) is 32.2 Å². The maximum atomic E-state index is 12.4. The van der Waals surface area contributed by atoms with Crippen LogP contribution in [0, 0.1) is 5.92 Å². The van der Waals surface area contributed by atoms with Crippen molar-refractivity contribution in [2.45, 2.75) is 13.8 Å². The number of pyridine rings is 1. The summed E-state index contributed by atoms with van der Waals surface area (Å²) in [5.74, 6) is 6.05. The molecule has 0 aromatic carbocycles. The molecule has 0 aliphatic heterocycles. The third-order valence-corrected chi connectivity index (χ3v) is 2.55. The number of carbonyl (C=O) groups excluding carboxylic acids is 1. The van der Waals surface area contributed by atoms with Gasteiger partial charge in [0.1, 0.15) is 11.5 Å². The molecule has 0 saturated heterocycles. The number of nitrogens with two attached hydrogens (primary N) is 1. The standard InChI is InChI=1S/C13H22N4O2/c1-10(2)9-17(7-8-19-3)13(18)11-5-4-6-12(15-11)16-14/h4-6,10H,7-9,14H2,1-3H3,(H,15,16). The zero-order valence-corrected chi connectivity index (χ0v) is 11.7. The van der Waals surface area contributed by atoms with Gasteiger partial charge in [0.25, 0.3) is 5.91 Å². The van der Waals surface area contributed by atoms with Crippen LogP contribution in [-0.2, 0) is 4.74 Å². The lowest BCUT2D eigenvalue weighted by molar-refractivity contribution is 0.0666. The first-order valence-electron chi connectivity index (χ1n) is 6.30. The monoisotopic (exact) mass is 266 g/mol. The number of rotatable bonds is 7. The Morgan fingerprint density at radius 1 is 1.53 bits per heavy atom. The van der Waals surface area contributed by atoms with E-state index in [1.54, 1.807) is 30.2 Å². The van der Waals surface area contributed by atoms with E-state index in [9.17, 15) is 4.79 Å². The van der Waals surface area contributed by atoms with Gasteiger partial charge in [-0.15, -0.1) is 0 Å². The van der Waals surface area contributed by atoms with E-state index in [1.165, 1.54) is 0 Å². The van der Waals surface area contributed by atoms with Crippen molar-refractivity contribution in [2.24, 2.45) is 11.8 Å². The van der Waals surface area contributed by atoms with Crippen molar-refractivity contribution in [3.63, 3.8) is 0 Å². The minimum atomic E-state index is -0.108. The van der Waals surface area contributed by atoms with Crippen molar-refractivity contribution in [1.82, 2.24) is 9.88 Å². The van der Waals surface area contributed by atoms with Gasteiger partial charge in [0, 0.05) is 20.2 Å². The van der Waals surface area contributed by atoms with Crippen molar-refractivity contribution >= 4 is 11.7 Å². The van der Waals surface area contributed by atoms with Crippen LogP contribution in [-0.4, -0.2) is 42.6 Å². The summed E-state index contributed by atoms with van der Waals surface area (Å²) in [5, 5.41) is 0. The molecule has 6 heteroatoms. The first-order valence-corrected chi connectivity index (χ1v) is 6.30. The van der Waals surface area contributed by atoms with Crippen LogP contribution in [0.5, 0.6) is 0 Å². The van der Waals surface area contributed by atoms with Gasteiger partial charge in [0.05, 0.1) is 6.61 Å². The maximum absolute atomic E-state index is 12.4. The Kier molecular flexibility index (Phi) is 6.24. The minimum absolute atomic E-state index is 0.108. The molecule has 0 spiro atoms. The number of nitrogen functional groups attached to an aromatic ring is 1. The normalized spacial score (nSPS) is 10.6. The highest BCUT2D eigenvalue weighted by Crippen LogP contribution is 2.08. The molecule has 0 atom stereocenters. The molecule has 19 heavy (non-hydrogen) atoms. The number of anilines is 1. The Morgan fingerprint density at radius 2 is 2.26 bits per heavy atom. The molecule has 1 aromatic heterocycles. The summed E-state index contributed by atoms with van der Waals surface area (Å²) in [5.41, 5.74) is 2.82. The molecule has 1 aromatic rings. The molecule has 0 unspecified atom stereocenters. The zero-order valence-electron chi connectivity index (χ0n) is 11.7. The predicted octanol–water partition coefficient (Wildman–Crippen LogP) is 1.11. The largest absolute Gasteiger partial charge is 0.383 e. The molecule has 1 amide bonds. The number of methoxy groups -OCH3 is 1. The van der Waals surface area contributed by atoms with E-state index in [0.29, 0.717) is 37.1 Å². The highest BCUT2D eigenvalue weighted by Gasteiger charge is 2.18. The number of hydrazine groups is 1. The number of ether oxygens (including phenoxy) is 1. The quantitative estimate of drug-likeness (QED) is 0.571. The van der Waals surface area contributed by atoms with Crippen LogP contribution in [0.15, 0.2) is 18.2 Å². The fourth-order valence-corrected chi connectivity index (χ4v) is 1.71. The smallest absolute Gasteiger partial charge is 0.272 e. The van der Waals surface area contributed by atoms with Crippen molar-refractivity contribution < 1.29 is 9.53 Å². The van der Waals surface area contributed by atoms with Crippen molar-refractivity contribution in [1.29, 1.82) is 0 Å². The molecule has 6 nitrogen and oxygen atoms in total. The molecule has 1 rings (SSSR count). The first-order chi connectivity index (χ1) is 9.08. The van der Waals surface area contributed by atoms with Gasteiger partial charge >= 0.3 is 0 Å². The van der Waals surface area contributed by atoms with E-state index < -0.39 is 0 Å². The molecule has 0 fully saturated rings. The van der Waals surface area contributed by atoms with E-state index >= 15 is 0 Å². The molecular weight excluding hydrogens is 244 g/mol. The zero-order chi connectivity index (χ0) is 14.3. The number of nitrogens with zero attached hydrogens (tertiary/aromatic N) is 2. The van der Waals surface area contributed by atoms with Gasteiger partial charge in [0.2, 0.25) is 0 Å². The van der Waals surface area contributed by atoms with Crippen LogP contribution in [0.2, 0.25) is 0 Å². The van der Waals surface area contributed by atoms with Crippen LogP contribution in [0.4, 0.5) is 5.82 Å². The molecular formula is C13H22N4O2. The fraction of sp³-hybridized carbons (Fsp3) is 0.538. The second-order valence-corrected chi connectivity index (χ2v) is 4.69. The number of amides is 1. The number of aromatic nitrogens is 1. The van der Waals surface area contributed by atoms with Crippen molar-refractivity contribution in [3.05, 3.63) is 23.9 Å². The Hall–Kier alpha value is -1.66. The third-order valence-electron chi connectivity index (χ3n) is 2.55. The molecule has 0 aliphatic carbocycles. The summed E-state index contributed by atoms with van der Waals surface area (Å²) in [7, 11) is 1.62. The van der Waals surface area contributed by atoms with E-state index in [2.05, 4.69) is 24.3 Å². The molecule has 3 N–H and O–H groups in total. The lowest BCUT2D eigenvalue weighted by Gasteiger charge is -2.24. The topological polar surface area (TPSA) is 80.5 Å². The van der Waals surface area contributed by atoms with Gasteiger partial charge in [-0.25, -0.2) is 10.8 Å². The summed E-state index contributed by atoms with van der Waals surface area (Å²) in [6.45, 7) is 5.86. The van der Waals surface area contributed by atoms with E-state index in [4.69, 9.17) is 10.6 Å².